The van der Waals surface area contributed by atoms with Crippen molar-refractivity contribution in [3.63, 3.8) is 0 Å². The van der Waals surface area contributed by atoms with E-state index in [1.807, 2.05) is 34.9 Å². The van der Waals surface area contributed by atoms with Gasteiger partial charge in [-0.3, -0.25) is 0 Å². The van der Waals surface area contributed by atoms with Crippen LogP contribution in [0.1, 0.15) is 23.5 Å². The molecular weight excluding hydrogens is 228 g/mol. The number of carboxylic acids is 1. The van der Waals surface area contributed by atoms with Gasteiger partial charge in [-0.1, -0.05) is 30.3 Å². The molecule has 0 saturated heterocycles. The molecule has 1 saturated carbocycles. The zero-order valence-corrected chi connectivity index (χ0v) is 9.91. The topological polar surface area (TPSA) is 55.1 Å². The predicted octanol–water partition coefficient (Wildman–Crippen LogP) is 2.66. The summed E-state index contributed by atoms with van der Waals surface area (Å²) >= 11 is 0. The Morgan fingerprint density at radius 2 is 2.06 bits per heavy atom. The first-order valence-corrected chi connectivity index (χ1v) is 6.10. The summed E-state index contributed by atoms with van der Waals surface area (Å²) in [6, 6.07) is 9.80. The van der Waals surface area contributed by atoms with Crippen LogP contribution in [0.2, 0.25) is 0 Å². The Morgan fingerprint density at radius 3 is 2.67 bits per heavy atom. The van der Waals surface area contributed by atoms with Crippen LogP contribution in [0.3, 0.4) is 0 Å². The Labute approximate surface area is 105 Å². The van der Waals surface area contributed by atoms with E-state index >= 15 is 0 Å². The van der Waals surface area contributed by atoms with E-state index in [1.165, 1.54) is 12.8 Å². The highest BCUT2D eigenvalue weighted by molar-refractivity contribution is 5.85. The SMILES string of the molecule is O=C(O)c1ncc(-c2ccccc2)n1CC1CC1. The number of carboxylic acid groups (broad SMARTS) is 1. The molecule has 0 radical (unpaired) electrons. The predicted molar refractivity (Wildman–Crippen MR) is 67.3 cm³/mol. The fourth-order valence-electron chi connectivity index (χ4n) is 2.13. The summed E-state index contributed by atoms with van der Waals surface area (Å²) in [5.74, 6) is -0.210. The first-order valence-electron chi connectivity index (χ1n) is 6.10. The minimum absolute atomic E-state index is 0.140. The van der Waals surface area contributed by atoms with Crippen molar-refractivity contribution in [1.29, 1.82) is 0 Å². The Kier molecular flexibility index (Phi) is 2.63. The Hall–Kier alpha value is -2.10. The van der Waals surface area contributed by atoms with Crippen molar-refractivity contribution in [2.24, 2.45) is 5.92 Å². The molecule has 1 aromatic heterocycles. The number of hydrogen-bond donors (Lipinski definition) is 1. The number of carbonyl (C=O) groups is 1. The molecule has 1 aromatic carbocycles. The van der Waals surface area contributed by atoms with Gasteiger partial charge in [0.1, 0.15) is 0 Å². The Morgan fingerprint density at radius 1 is 1.33 bits per heavy atom. The third kappa shape index (κ3) is 2.01. The van der Waals surface area contributed by atoms with E-state index in [9.17, 15) is 9.90 Å². The molecule has 0 aliphatic heterocycles. The number of hydrogen-bond acceptors (Lipinski definition) is 2. The first kappa shape index (κ1) is 11.0. The van der Waals surface area contributed by atoms with Crippen molar-refractivity contribution < 1.29 is 9.90 Å². The molecule has 0 amide bonds. The molecule has 0 atom stereocenters. The van der Waals surface area contributed by atoms with Crippen LogP contribution in [0.4, 0.5) is 0 Å². The van der Waals surface area contributed by atoms with E-state index in [-0.39, 0.29) is 5.82 Å². The van der Waals surface area contributed by atoms with Gasteiger partial charge in [0.25, 0.3) is 0 Å². The molecule has 1 fully saturated rings. The normalized spacial score (nSPS) is 14.7. The number of benzene rings is 1. The van der Waals surface area contributed by atoms with Gasteiger partial charge in [-0.05, 0) is 24.3 Å². The maximum Gasteiger partial charge on any atom is 0.372 e. The molecule has 1 aliphatic rings. The fraction of sp³-hybridized carbons (Fsp3) is 0.286. The molecule has 18 heavy (non-hydrogen) atoms. The summed E-state index contributed by atoms with van der Waals surface area (Å²) in [7, 11) is 0. The highest BCUT2D eigenvalue weighted by Crippen LogP contribution is 2.33. The van der Waals surface area contributed by atoms with Crippen LogP contribution in [0.25, 0.3) is 11.3 Å². The molecule has 1 aliphatic carbocycles. The van der Waals surface area contributed by atoms with Crippen molar-refractivity contribution in [2.45, 2.75) is 19.4 Å². The van der Waals surface area contributed by atoms with Crippen LogP contribution in [0.5, 0.6) is 0 Å². The summed E-state index contributed by atoms with van der Waals surface area (Å²) in [5, 5.41) is 9.18. The van der Waals surface area contributed by atoms with Gasteiger partial charge in [0.15, 0.2) is 0 Å². The van der Waals surface area contributed by atoms with Gasteiger partial charge < -0.3 is 9.67 Å². The second-order valence-corrected chi connectivity index (χ2v) is 4.69. The van der Waals surface area contributed by atoms with Crippen molar-refractivity contribution in [3.8, 4) is 11.3 Å². The number of aromatic nitrogens is 2. The molecule has 2 aromatic rings. The average molecular weight is 242 g/mol. The third-order valence-electron chi connectivity index (χ3n) is 3.25. The Bertz CT molecular complexity index is 571. The lowest BCUT2D eigenvalue weighted by atomic mass is 10.1. The van der Waals surface area contributed by atoms with Gasteiger partial charge in [-0.15, -0.1) is 0 Å². The van der Waals surface area contributed by atoms with Crippen molar-refractivity contribution in [2.75, 3.05) is 0 Å². The maximum atomic E-state index is 11.2. The molecule has 1 N–H and O–H groups in total. The van der Waals surface area contributed by atoms with Crippen LogP contribution >= 0.6 is 0 Å². The van der Waals surface area contributed by atoms with E-state index in [0.717, 1.165) is 17.8 Å². The first-order chi connectivity index (χ1) is 8.75. The van der Waals surface area contributed by atoms with E-state index in [1.54, 1.807) is 6.20 Å². The number of rotatable bonds is 4. The smallest absolute Gasteiger partial charge is 0.372 e. The lowest BCUT2D eigenvalue weighted by Crippen LogP contribution is -2.12. The van der Waals surface area contributed by atoms with Gasteiger partial charge in [0.05, 0.1) is 11.9 Å². The van der Waals surface area contributed by atoms with Crippen molar-refractivity contribution in [3.05, 3.63) is 42.4 Å². The maximum absolute atomic E-state index is 11.2. The summed E-state index contributed by atoms with van der Waals surface area (Å²) in [6.45, 7) is 0.756. The van der Waals surface area contributed by atoms with E-state index < -0.39 is 5.97 Å². The van der Waals surface area contributed by atoms with Crippen LogP contribution in [0, 0.1) is 5.92 Å². The summed E-state index contributed by atoms with van der Waals surface area (Å²) in [5.41, 5.74) is 1.90. The van der Waals surface area contributed by atoms with E-state index in [0.29, 0.717) is 5.92 Å². The minimum atomic E-state index is -0.960. The molecule has 0 unspecified atom stereocenters. The molecule has 4 heteroatoms. The van der Waals surface area contributed by atoms with Crippen LogP contribution in [-0.4, -0.2) is 20.6 Å². The zero-order valence-electron chi connectivity index (χ0n) is 9.91. The fourth-order valence-corrected chi connectivity index (χ4v) is 2.13. The highest BCUT2D eigenvalue weighted by atomic mass is 16.4. The highest BCUT2D eigenvalue weighted by Gasteiger charge is 2.26. The van der Waals surface area contributed by atoms with Gasteiger partial charge >= 0.3 is 5.97 Å². The lowest BCUT2D eigenvalue weighted by molar-refractivity contribution is 0.0678. The van der Waals surface area contributed by atoms with Crippen molar-refractivity contribution >= 4 is 5.97 Å². The van der Waals surface area contributed by atoms with Crippen LogP contribution in [0.15, 0.2) is 36.5 Å². The molecular formula is C14H14N2O2. The van der Waals surface area contributed by atoms with E-state index in [2.05, 4.69) is 4.98 Å². The van der Waals surface area contributed by atoms with Gasteiger partial charge in [-0.2, -0.15) is 0 Å². The molecule has 4 nitrogen and oxygen atoms in total. The van der Waals surface area contributed by atoms with Gasteiger partial charge in [0.2, 0.25) is 5.82 Å². The Balaban J connectivity index is 2.05. The summed E-state index contributed by atoms with van der Waals surface area (Å²) in [4.78, 5) is 15.2. The zero-order chi connectivity index (χ0) is 12.5. The molecule has 3 rings (SSSR count). The third-order valence-corrected chi connectivity index (χ3v) is 3.25. The monoisotopic (exact) mass is 242 g/mol. The number of imidazole rings is 1. The summed E-state index contributed by atoms with van der Waals surface area (Å²) in [6.07, 6.45) is 4.03. The lowest BCUT2D eigenvalue weighted by Gasteiger charge is -2.09. The minimum Gasteiger partial charge on any atom is -0.475 e. The van der Waals surface area contributed by atoms with Crippen molar-refractivity contribution in [1.82, 2.24) is 9.55 Å². The van der Waals surface area contributed by atoms with Gasteiger partial charge in [-0.25, -0.2) is 9.78 Å². The van der Waals surface area contributed by atoms with Gasteiger partial charge in [0, 0.05) is 6.54 Å². The molecule has 92 valence electrons. The molecule has 1 heterocycles. The molecule has 0 bridgehead atoms. The quantitative estimate of drug-likeness (QED) is 0.896. The molecule has 0 spiro atoms. The number of aromatic carboxylic acids is 1. The largest absolute Gasteiger partial charge is 0.475 e. The summed E-state index contributed by atoms with van der Waals surface area (Å²) < 4.78 is 1.83. The van der Waals surface area contributed by atoms with Crippen LogP contribution in [-0.2, 0) is 6.54 Å². The second kappa shape index (κ2) is 4.29. The standard InChI is InChI=1S/C14H14N2O2/c17-14(18)13-15-8-12(11-4-2-1-3-5-11)16(13)9-10-6-7-10/h1-5,8,10H,6-7,9H2,(H,17,18). The average Bonchev–Trinajstić information content (AvgIpc) is 3.08. The number of nitrogens with zero attached hydrogens (tertiary/aromatic N) is 2. The van der Waals surface area contributed by atoms with Crippen LogP contribution < -0.4 is 0 Å². The van der Waals surface area contributed by atoms with E-state index in [4.69, 9.17) is 0 Å². The second-order valence-electron chi connectivity index (χ2n) is 4.69.